The summed E-state index contributed by atoms with van der Waals surface area (Å²) in [5, 5.41) is 7.87. The second-order valence-corrected chi connectivity index (χ2v) is 5.87. The molecule has 0 saturated carbocycles. The fourth-order valence-corrected chi connectivity index (χ4v) is 2.83. The van der Waals surface area contributed by atoms with Crippen LogP contribution in [0.25, 0.3) is 0 Å². The smallest absolute Gasteiger partial charge is 0.138 e. The molecule has 0 aliphatic rings. The topological polar surface area (TPSA) is 42.7 Å². The molecule has 114 valence electrons. The van der Waals surface area contributed by atoms with Crippen LogP contribution in [-0.2, 0) is 13.0 Å². The molecule has 0 saturated heterocycles. The maximum Gasteiger partial charge on any atom is 0.138 e. The van der Waals surface area contributed by atoms with Crippen LogP contribution in [0.15, 0.2) is 35.5 Å². The zero-order chi connectivity index (χ0) is 15.1. The first-order valence-corrected chi connectivity index (χ1v) is 8.75. The third kappa shape index (κ3) is 4.32. The van der Waals surface area contributed by atoms with E-state index >= 15 is 0 Å². The fraction of sp³-hybridized carbons (Fsp3) is 0.500. The lowest BCUT2D eigenvalue weighted by Crippen LogP contribution is -2.24. The summed E-state index contributed by atoms with van der Waals surface area (Å²) in [5.41, 5.74) is 1.31. The van der Waals surface area contributed by atoms with E-state index < -0.39 is 0 Å². The van der Waals surface area contributed by atoms with E-state index in [1.807, 2.05) is 4.68 Å². The number of aromatic nitrogens is 3. The minimum absolute atomic E-state index is 0.283. The highest BCUT2D eigenvalue weighted by Gasteiger charge is 2.15. The average molecular weight is 304 g/mol. The Morgan fingerprint density at radius 2 is 2.00 bits per heavy atom. The fourth-order valence-electron chi connectivity index (χ4n) is 2.42. The summed E-state index contributed by atoms with van der Waals surface area (Å²) in [6.07, 6.45) is 5.70. The van der Waals surface area contributed by atoms with Gasteiger partial charge in [-0.1, -0.05) is 26.0 Å². The van der Waals surface area contributed by atoms with Crippen molar-refractivity contribution in [3.8, 4) is 0 Å². The summed E-state index contributed by atoms with van der Waals surface area (Å²) in [5.74, 6) is 1.05. The van der Waals surface area contributed by atoms with Gasteiger partial charge in [0.05, 0.1) is 0 Å². The standard InChI is InChI=1S/C16H24N4S/c1-4-10-20-16(18-12-19-20)11-15(17-5-2)13-6-8-14(21-3)9-7-13/h6-9,12,15,17H,4-5,10-11H2,1-3H3. The summed E-state index contributed by atoms with van der Waals surface area (Å²) < 4.78 is 2.01. The summed E-state index contributed by atoms with van der Waals surface area (Å²) in [6.45, 7) is 6.17. The number of nitrogens with one attached hydrogen (secondary N) is 1. The number of likely N-dealkylation sites (N-methyl/N-ethyl adjacent to an activating group) is 1. The SMILES string of the molecule is CCCn1ncnc1CC(NCC)c1ccc(SC)cc1. The predicted molar refractivity (Wildman–Crippen MR) is 88.7 cm³/mol. The van der Waals surface area contributed by atoms with Crippen LogP contribution in [0.4, 0.5) is 0 Å². The quantitative estimate of drug-likeness (QED) is 0.760. The molecule has 1 N–H and O–H groups in total. The number of nitrogens with zero attached hydrogens (tertiary/aromatic N) is 3. The molecule has 1 atom stereocenters. The van der Waals surface area contributed by atoms with Gasteiger partial charge in [0.2, 0.25) is 0 Å². The number of hydrogen-bond acceptors (Lipinski definition) is 4. The Kier molecular flexibility index (Phi) is 6.26. The predicted octanol–water partition coefficient (Wildman–Crippen LogP) is 3.30. The lowest BCUT2D eigenvalue weighted by molar-refractivity contribution is 0.498. The van der Waals surface area contributed by atoms with Crippen LogP contribution >= 0.6 is 11.8 Å². The van der Waals surface area contributed by atoms with E-state index in [9.17, 15) is 0 Å². The average Bonchev–Trinajstić information content (AvgIpc) is 2.94. The first-order valence-electron chi connectivity index (χ1n) is 7.52. The minimum atomic E-state index is 0.283. The zero-order valence-electron chi connectivity index (χ0n) is 13.0. The molecular weight excluding hydrogens is 280 g/mol. The van der Waals surface area contributed by atoms with Crippen LogP contribution in [-0.4, -0.2) is 27.6 Å². The monoisotopic (exact) mass is 304 g/mol. The molecule has 2 rings (SSSR count). The van der Waals surface area contributed by atoms with Crippen molar-refractivity contribution in [2.45, 2.75) is 44.2 Å². The van der Waals surface area contributed by atoms with Gasteiger partial charge in [0.1, 0.15) is 12.2 Å². The highest BCUT2D eigenvalue weighted by atomic mass is 32.2. The molecule has 0 fully saturated rings. The third-order valence-electron chi connectivity index (χ3n) is 3.49. The van der Waals surface area contributed by atoms with Crippen molar-refractivity contribution < 1.29 is 0 Å². The summed E-state index contributed by atoms with van der Waals surface area (Å²) in [4.78, 5) is 5.72. The molecule has 21 heavy (non-hydrogen) atoms. The molecule has 0 aliphatic carbocycles. The Labute approximate surface area is 131 Å². The normalized spacial score (nSPS) is 12.5. The van der Waals surface area contributed by atoms with Gasteiger partial charge in [-0.05, 0) is 36.9 Å². The molecule has 5 heteroatoms. The number of thioether (sulfide) groups is 1. The van der Waals surface area contributed by atoms with Gasteiger partial charge in [-0.2, -0.15) is 5.10 Å². The highest BCUT2D eigenvalue weighted by Crippen LogP contribution is 2.21. The zero-order valence-corrected chi connectivity index (χ0v) is 13.9. The largest absolute Gasteiger partial charge is 0.310 e. The van der Waals surface area contributed by atoms with Crippen LogP contribution in [0.3, 0.4) is 0 Å². The van der Waals surface area contributed by atoms with Crippen molar-refractivity contribution in [1.29, 1.82) is 0 Å². The Bertz CT molecular complexity index is 535. The molecule has 0 bridgehead atoms. The van der Waals surface area contributed by atoms with Gasteiger partial charge in [-0.25, -0.2) is 4.98 Å². The minimum Gasteiger partial charge on any atom is -0.310 e. The molecule has 0 radical (unpaired) electrons. The number of hydrogen-bond donors (Lipinski definition) is 1. The summed E-state index contributed by atoms with van der Waals surface area (Å²) in [6, 6.07) is 9.06. The summed E-state index contributed by atoms with van der Waals surface area (Å²) >= 11 is 1.77. The molecular formula is C16H24N4S. The number of benzene rings is 1. The second-order valence-electron chi connectivity index (χ2n) is 4.99. The molecule has 1 unspecified atom stereocenters. The van der Waals surface area contributed by atoms with Crippen molar-refractivity contribution in [3.05, 3.63) is 42.0 Å². The van der Waals surface area contributed by atoms with Crippen molar-refractivity contribution in [3.63, 3.8) is 0 Å². The van der Waals surface area contributed by atoms with E-state index in [1.165, 1.54) is 10.5 Å². The van der Waals surface area contributed by atoms with Gasteiger partial charge in [0.15, 0.2) is 0 Å². The number of rotatable bonds is 8. The van der Waals surface area contributed by atoms with E-state index in [0.717, 1.165) is 31.8 Å². The van der Waals surface area contributed by atoms with Gasteiger partial charge >= 0.3 is 0 Å². The van der Waals surface area contributed by atoms with Crippen molar-refractivity contribution in [2.75, 3.05) is 12.8 Å². The Hall–Kier alpha value is -1.33. The molecule has 0 aliphatic heterocycles. The summed E-state index contributed by atoms with van der Waals surface area (Å²) in [7, 11) is 0. The molecule has 1 heterocycles. The molecule has 0 spiro atoms. The van der Waals surface area contributed by atoms with Crippen LogP contribution in [0.5, 0.6) is 0 Å². The molecule has 1 aromatic heterocycles. The molecule has 4 nitrogen and oxygen atoms in total. The van der Waals surface area contributed by atoms with Gasteiger partial charge in [0.25, 0.3) is 0 Å². The van der Waals surface area contributed by atoms with E-state index in [2.05, 4.69) is 59.8 Å². The molecule has 2 aromatic rings. The van der Waals surface area contributed by atoms with E-state index in [4.69, 9.17) is 0 Å². The molecule has 0 amide bonds. The van der Waals surface area contributed by atoms with Crippen molar-refractivity contribution in [2.24, 2.45) is 0 Å². The second kappa shape index (κ2) is 8.20. The first-order chi connectivity index (χ1) is 10.3. The van der Waals surface area contributed by atoms with Gasteiger partial charge in [-0.15, -0.1) is 11.8 Å². The van der Waals surface area contributed by atoms with Crippen molar-refractivity contribution >= 4 is 11.8 Å². The molecule has 1 aromatic carbocycles. The van der Waals surface area contributed by atoms with Crippen LogP contribution in [0.2, 0.25) is 0 Å². The van der Waals surface area contributed by atoms with E-state index in [1.54, 1.807) is 18.1 Å². The maximum absolute atomic E-state index is 4.42. The third-order valence-corrected chi connectivity index (χ3v) is 4.23. The lowest BCUT2D eigenvalue weighted by atomic mass is 10.0. The Morgan fingerprint density at radius 3 is 2.62 bits per heavy atom. The van der Waals surface area contributed by atoms with E-state index in [-0.39, 0.29) is 6.04 Å². The van der Waals surface area contributed by atoms with Crippen LogP contribution in [0.1, 0.15) is 37.7 Å². The highest BCUT2D eigenvalue weighted by molar-refractivity contribution is 7.98. The van der Waals surface area contributed by atoms with Gasteiger partial charge < -0.3 is 5.32 Å². The van der Waals surface area contributed by atoms with Gasteiger partial charge in [0, 0.05) is 23.9 Å². The first kappa shape index (κ1) is 16.0. The van der Waals surface area contributed by atoms with Crippen LogP contribution in [0, 0.1) is 0 Å². The number of aryl methyl sites for hydroxylation is 1. The van der Waals surface area contributed by atoms with Crippen molar-refractivity contribution in [1.82, 2.24) is 20.1 Å². The van der Waals surface area contributed by atoms with Crippen LogP contribution < -0.4 is 5.32 Å². The Balaban J connectivity index is 2.15. The van der Waals surface area contributed by atoms with Gasteiger partial charge in [-0.3, -0.25) is 4.68 Å². The van der Waals surface area contributed by atoms with E-state index in [0.29, 0.717) is 0 Å². The maximum atomic E-state index is 4.42. The Morgan fingerprint density at radius 1 is 1.24 bits per heavy atom. The lowest BCUT2D eigenvalue weighted by Gasteiger charge is -2.18.